The van der Waals surface area contributed by atoms with Gasteiger partial charge in [0.1, 0.15) is 4.88 Å². The van der Waals surface area contributed by atoms with Crippen LogP contribution in [-0.4, -0.2) is 36.3 Å². The Balaban J connectivity index is 2.18. The van der Waals surface area contributed by atoms with Crippen molar-refractivity contribution in [2.45, 2.75) is 19.9 Å². The molecule has 1 aromatic heterocycles. The van der Waals surface area contributed by atoms with Crippen molar-refractivity contribution >= 4 is 38.9 Å². The fourth-order valence-electron chi connectivity index (χ4n) is 2.05. The van der Waals surface area contributed by atoms with Gasteiger partial charge in [-0.1, -0.05) is 18.2 Å². The van der Waals surface area contributed by atoms with Gasteiger partial charge in [-0.2, -0.15) is 0 Å². The van der Waals surface area contributed by atoms with E-state index in [0.29, 0.717) is 10.6 Å². The maximum Gasteiger partial charge on any atom is 0.266 e. The average molecular weight is 305 g/mol. The fourth-order valence-corrected chi connectivity index (χ4v) is 3.17. The van der Waals surface area contributed by atoms with Gasteiger partial charge in [-0.05, 0) is 19.9 Å². The van der Waals surface area contributed by atoms with Crippen LogP contribution in [0.25, 0.3) is 10.1 Å². The standard InChI is InChI=1S/C15H19N3O2S/c1-9(2)17-12(19)8-18(3)15(20)14-13(16)10-6-4-5-7-11(10)21-14/h4-7,9H,8,16H2,1-3H3,(H,17,19). The van der Waals surface area contributed by atoms with Crippen LogP contribution in [0.3, 0.4) is 0 Å². The average Bonchev–Trinajstić information content (AvgIpc) is 2.74. The first-order valence-electron chi connectivity index (χ1n) is 6.72. The van der Waals surface area contributed by atoms with E-state index in [1.807, 2.05) is 38.1 Å². The molecule has 0 aliphatic carbocycles. The van der Waals surface area contributed by atoms with Crippen molar-refractivity contribution in [2.24, 2.45) is 0 Å². The third-order valence-corrected chi connectivity index (χ3v) is 4.18. The summed E-state index contributed by atoms with van der Waals surface area (Å²) in [5.41, 5.74) is 6.53. The van der Waals surface area contributed by atoms with Crippen LogP contribution < -0.4 is 11.1 Å². The van der Waals surface area contributed by atoms with Gasteiger partial charge in [0, 0.05) is 23.2 Å². The third-order valence-electron chi connectivity index (χ3n) is 3.01. The molecule has 3 N–H and O–H groups in total. The van der Waals surface area contributed by atoms with Crippen molar-refractivity contribution in [1.29, 1.82) is 0 Å². The van der Waals surface area contributed by atoms with Gasteiger partial charge in [0.25, 0.3) is 5.91 Å². The number of benzene rings is 1. The van der Waals surface area contributed by atoms with Gasteiger partial charge >= 0.3 is 0 Å². The molecule has 0 unspecified atom stereocenters. The molecule has 0 aliphatic rings. The molecule has 6 heteroatoms. The van der Waals surface area contributed by atoms with Gasteiger partial charge in [-0.25, -0.2) is 0 Å². The Bertz CT molecular complexity index is 679. The van der Waals surface area contributed by atoms with Gasteiger partial charge < -0.3 is 16.0 Å². The minimum Gasteiger partial charge on any atom is -0.397 e. The summed E-state index contributed by atoms with van der Waals surface area (Å²) in [4.78, 5) is 26.0. The topological polar surface area (TPSA) is 75.4 Å². The van der Waals surface area contributed by atoms with Crippen molar-refractivity contribution in [3.05, 3.63) is 29.1 Å². The number of rotatable bonds is 4. The van der Waals surface area contributed by atoms with Crippen molar-refractivity contribution in [3.63, 3.8) is 0 Å². The number of carbonyl (C=O) groups is 2. The maximum absolute atomic E-state index is 12.4. The molecular formula is C15H19N3O2S. The molecule has 112 valence electrons. The highest BCUT2D eigenvalue weighted by Crippen LogP contribution is 2.33. The van der Waals surface area contributed by atoms with Gasteiger partial charge in [0.2, 0.25) is 5.91 Å². The highest BCUT2D eigenvalue weighted by Gasteiger charge is 2.21. The number of nitrogen functional groups attached to an aromatic ring is 1. The van der Waals surface area contributed by atoms with E-state index in [-0.39, 0.29) is 24.4 Å². The van der Waals surface area contributed by atoms with E-state index in [1.54, 1.807) is 7.05 Å². The molecule has 2 rings (SSSR count). The number of nitrogens with two attached hydrogens (primary N) is 1. The van der Waals surface area contributed by atoms with Crippen LogP contribution in [0.1, 0.15) is 23.5 Å². The molecule has 0 spiro atoms. The summed E-state index contributed by atoms with van der Waals surface area (Å²) in [6.07, 6.45) is 0. The molecule has 21 heavy (non-hydrogen) atoms. The SMILES string of the molecule is CC(C)NC(=O)CN(C)C(=O)c1sc2ccccc2c1N. The van der Waals surface area contributed by atoms with Gasteiger partial charge in [-0.15, -0.1) is 11.3 Å². The number of hydrogen-bond acceptors (Lipinski definition) is 4. The summed E-state index contributed by atoms with van der Waals surface area (Å²) in [7, 11) is 1.60. The molecule has 0 bridgehead atoms. The van der Waals surface area contributed by atoms with Gasteiger partial charge in [0.15, 0.2) is 0 Å². The van der Waals surface area contributed by atoms with Crippen LogP contribution in [0.15, 0.2) is 24.3 Å². The van der Waals surface area contributed by atoms with Gasteiger partial charge in [-0.3, -0.25) is 9.59 Å². The molecule has 0 atom stereocenters. The van der Waals surface area contributed by atoms with E-state index < -0.39 is 0 Å². The normalized spacial score (nSPS) is 10.9. The number of anilines is 1. The quantitative estimate of drug-likeness (QED) is 0.908. The third kappa shape index (κ3) is 3.33. The first kappa shape index (κ1) is 15.3. The number of hydrogen-bond donors (Lipinski definition) is 2. The summed E-state index contributed by atoms with van der Waals surface area (Å²) in [5, 5.41) is 3.64. The summed E-state index contributed by atoms with van der Waals surface area (Å²) < 4.78 is 0.971. The second-order valence-electron chi connectivity index (χ2n) is 5.22. The molecule has 0 fully saturated rings. The molecule has 2 amide bonds. The zero-order chi connectivity index (χ0) is 15.6. The van der Waals surface area contributed by atoms with E-state index in [2.05, 4.69) is 5.32 Å². The Morgan fingerprint density at radius 3 is 2.62 bits per heavy atom. The predicted molar refractivity (Wildman–Crippen MR) is 86.5 cm³/mol. The lowest BCUT2D eigenvalue weighted by Crippen LogP contribution is -2.40. The Hall–Kier alpha value is -2.08. The molecule has 1 aromatic carbocycles. The lowest BCUT2D eigenvalue weighted by Gasteiger charge is -2.17. The predicted octanol–water partition coefficient (Wildman–Crippen LogP) is 2.08. The second-order valence-corrected chi connectivity index (χ2v) is 6.28. The molecular weight excluding hydrogens is 286 g/mol. The van der Waals surface area contributed by atoms with Crippen LogP contribution in [0.2, 0.25) is 0 Å². The molecule has 0 radical (unpaired) electrons. The Labute approximate surface area is 127 Å². The number of carbonyl (C=O) groups excluding carboxylic acids is 2. The number of likely N-dealkylation sites (N-methyl/N-ethyl adjacent to an activating group) is 1. The number of thiophene rings is 1. The number of amides is 2. The number of nitrogens with one attached hydrogen (secondary N) is 1. The summed E-state index contributed by atoms with van der Waals surface area (Å²) in [6.45, 7) is 3.78. The lowest BCUT2D eigenvalue weighted by molar-refractivity contribution is -0.122. The molecule has 5 nitrogen and oxygen atoms in total. The number of nitrogens with zero attached hydrogens (tertiary/aromatic N) is 1. The summed E-state index contributed by atoms with van der Waals surface area (Å²) in [6, 6.07) is 7.67. The molecule has 0 aliphatic heterocycles. The molecule has 0 saturated carbocycles. The lowest BCUT2D eigenvalue weighted by atomic mass is 10.2. The Morgan fingerprint density at radius 2 is 2.00 bits per heavy atom. The minimum absolute atomic E-state index is 0.0186. The van der Waals surface area contributed by atoms with Crippen molar-refractivity contribution in [1.82, 2.24) is 10.2 Å². The minimum atomic E-state index is -0.229. The van der Waals surface area contributed by atoms with Crippen molar-refractivity contribution in [3.8, 4) is 0 Å². The van der Waals surface area contributed by atoms with Crippen LogP contribution >= 0.6 is 11.3 Å². The highest BCUT2D eigenvalue weighted by molar-refractivity contribution is 7.21. The van der Waals surface area contributed by atoms with E-state index in [0.717, 1.165) is 10.1 Å². The first-order valence-corrected chi connectivity index (χ1v) is 7.53. The fraction of sp³-hybridized carbons (Fsp3) is 0.333. The molecule has 2 aromatic rings. The monoisotopic (exact) mass is 305 g/mol. The zero-order valence-electron chi connectivity index (χ0n) is 12.3. The maximum atomic E-state index is 12.4. The smallest absolute Gasteiger partial charge is 0.266 e. The van der Waals surface area contributed by atoms with Crippen LogP contribution in [0.4, 0.5) is 5.69 Å². The largest absolute Gasteiger partial charge is 0.397 e. The van der Waals surface area contributed by atoms with Crippen LogP contribution in [0, 0.1) is 0 Å². The Morgan fingerprint density at radius 1 is 1.33 bits per heavy atom. The summed E-state index contributed by atoms with van der Waals surface area (Å²) >= 11 is 1.35. The number of fused-ring (bicyclic) bond motifs is 1. The van der Waals surface area contributed by atoms with Crippen molar-refractivity contribution < 1.29 is 9.59 Å². The van der Waals surface area contributed by atoms with Gasteiger partial charge in [0.05, 0.1) is 12.2 Å². The summed E-state index contributed by atoms with van der Waals surface area (Å²) in [5.74, 6) is -0.409. The Kier molecular flexibility index (Phi) is 4.47. The van der Waals surface area contributed by atoms with E-state index in [4.69, 9.17) is 5.73 Å². The molecule has 0 saturated heterocycles. The second kappa shape index (κ2) is 6.13. The van der Waals surface area contributed by atoms with E-state index in [9.17, 15) is 9.59 Å². The van der Waals surface area contributed by atoms with Crippen LogP contribution in [0.5, 0.6) is 0 Å². The van der Waals surface area contributed by atoms with E-state index >= 15 is 0 Å². The highest BCUT2D eigenvalue weighted by atomic mass is 32.1. The molecule has 1 heterocycles. The van der Waals surface area contributed by atoms with Crippen LogP contribution in [-0.2, 0) is 4.79 Å². The zero-order valence-corrected chi connectivity index (χ0v) is 13.2. The van der Waals surface area contributed by atoms with Crippen molar-refractivity contribution in [2.75, 3.05) is 19.3 Å². The first-order chi connectivity index (χ1) is 9.90. The van der Waals surface area contributed by atoms with E-state index in [1.165, 1.54) is 16.2 Å².